The molecule has 0 N–H and O–H groups in total. The SMILES string of the molecule is COc1ccc(C)cc1-n1ccc(C(=O)N2CCc3cc(Br)ccc32)n1. The Kier molecular flexibility index (Phi) is 4.28. The number of ether oxygens (including phenoxy) is 1. The van der Waals surface area contributed by atoms with E-state index in [1.807, 2.05) is 37.3 Å². The molecule has 2 heterocycles. The van der Waals surface area contributed by atoms with Crippen LogP contribution >= 0.6 is 15.9 Å². The molecule has 0 saturated carbocycles. The van der Waals surface area contributed by atoms with E-state index in [4.69, 9.17) is 4.74 Å². The maximum absolute atomic E-state index is 13.0. The van der Waals surface area contributed by atoms with E-state index in [2.05, 4.69) is 27.1 Å². The first kappa shape index (κ1) is 16.8. The molecule has 0 unspecified atom stereocenters. The van der Waals surface area contributed by atoms with Gasteiger partial charge in [0.1, 0.15) is 11.4 Å². The second-order valence-electron chi connectivity index (χ2n) is 6.30. The molecule has 6 heteroatoms. The number of aromatic nitrogens is 2. The molecule has 1 aliphatic heterocycles. The van der Waals surface area contributed by atoms with E-state index < -0.39 is 0 Å². The Morgan fingerprint density at radius 1 is 1.15 bits per heavy atom. The van der Waals surface area contributed by atoms with Crippen LogP contribution in [0.15, 0.2) is 53.1 Å². The lowest BCUT2D eigenvalue weighted by molar-refractivity contribution is 0.0984. The minimum absolute atomic E-state index is 0.0866. The van der Waals surface area contributed by atoms with Gasteiger partial charge in [-0.05, 0) is 60.9 Å². The third-order valence-corrected chi connectivity index (χ3v) is 5.06. The zero-order chi connectivity index (χ0) is 18.3. The summed E-state index contributed by atoms with van der Waals surface area (Å²) in [5, 5.41) is 4.50. The molecule has 5 nitrogen and oxygen atoms in total. The number of benzene rings is 2. The molecule has 0 radical (unpaired) electrons. The van der Waals surface area contributed by atoms with Crippen LogP contribution in [0, 0.1) is 6.92 Å². The number of methoxy groups -OCH3 is 1. The number of rotatable bonds is 3. The zero-order valence-electron chi connectivity index (χ0n) is 14.6. The lowest BCUT2D eigenvalue weighted by Gasteiger charge is -2.16. The van der Waals surface area contributed by atoms with Crippen molar-refractivity contribution in [1.82, 2.24) is 9.78 Å². The molecule has 0 atom stereocenters. The summed E-state index contributed by atoms with van der Waals surface area (Å²) < 4.78 is 8.14. The van der Waals surface area contributed by atoms with E-state index in [9.17, 15) is 4.79 Å². The highest BCUT2D eigenvalue weighted by molar-refractivity contribution is 9.10. The average molecular weight is 412 g/mol. The van der Waals surface area contributed by atoms with Gasteiger partial charge < -0.3 is 9.64 Å². The van der Waals surface area contributed by atoms with E-state index >= 15 is 0 Å². The molecule has 0 saturated heterocycles. The summed E-state index contributed by atoms with van der Waals surface area (Å²) in [6.07, 6.45) is 2.65. The van der Waals surface area contributed by atoms with Gasteiger partial charge in [0.25, 0.3) is 5.91 Å². The molecule has 26 heavy (non-hydrogen) atoms. The van der Waals surface area contributed by atoms with Gasteiger partial charge in [-0.15, -0.1) is 0 Å². The van der Waals surface area contributed by atoms with Crippen molar-refractivity contribution in [2.75, 3.05) is 18.6 Å². The fourth-order valence-corrected chi connectivity index (χ4v) is 3.68. The molecule has 0 aliphatic carbocycles. The number of nitrogens with zero attached hydrogens (tertiary/aromatic N) is 3. The lowest BCUT2D eigenvalue weighted by atomic mass is 10.2. The van der Waals surface area contributed by atoms with Gasteiger partial charge in [-0.3, -0.25) is 4.79 Å². The number of anilines is 1. The van der Waals surface area contributed by atoms with Crippen molar-refractivity contribution in [3.63, 3.8) is 0 Å². The van der Waals surface area contributed by atoms with E-state index in [1.54, 1.807) is 29.0 Å². The molecule has 1 aliphatic rings. The molecule has 4 rings (SSSR count). The van der Waals surface area contributed by atoms with Crippen LogP contribution in [0.3, 0.4) is 0 Å². The number of amides is 1. The highest BCUT2D eigenvalue weighted by atomic mass is 79.9. The van der Waals surface area contributed by atoms with E-state index in [0.717, 1.165) is 27.8 Å². The van der Waals surface area contributed by atoms with Crippen molar-refractivity contribution in [2.24, 2.45) is 0 Å². The quantitative estimate of drug-likeness (QED) is 0.649. The Hall–Kier alpha value is -2.60. The summed E-state index contributed by atoms with van der Waals surface area (Å²) in [5.74, 6) is 0.630. The van der Waals surface area contributed by atoms with Crippen LogP contribution in [0.1, 0.15) is 21.6 Å². The Balaban J connectivity index is 1.66. The topological polar surface area (TPSA) is 47.4 Å². The van der Waals surface area contributed by atoms with Gasteiger partial charge in [-0.25, -0.2) is 4.68 Å². The summed E-state index contributed by atoms with van der Waals surface area (Å²) in [7, 11) is 1.63. The van der Waals surface area contributed by atoms with Crippen molar-refractivity contribution in [1.29, 1.82) is 0 Å². The van der Waals surface area contributed by atoms with Crippen LogP contribution < -0.4 is 9.64 Å². The first-order valence-electron chi connectivity index (χ1n) is 8.38. The maximum atomic E-state index is 13.0. The second kappa shape index (κ2) is 6.61. The molecule has 3 aromatic rings. The summed E-state index contributed by atoms with van der Waals surface area (Å²) >= 11 is 3.48. The fourth-order valence-electron chi connectivity index (χ4n) is 3.27. The van der Waals surface area contributed by atoms with Gasteiger partial charge in [-0.1, -0.05) is 22.0 Å². The summed E-state index contributed by atoms with van der Waals surface area (Å²) in [5.41, 5.74) is 4.47. The van der Waals surface area contributed by atoms with Crippen molar-refractivity contribution in [3.05, 3.63) is 70.0 Å². The highest BCUT2D eigenvalue weighted by Crippen LogP contribution is 2.31. The molecule has 132 valence electrons. The van der Waals surface area contributed by atoms with Crippen LogP contribution in [0.2, 0.25) is 0 Å². The number of carbonyl (C=O) groups excluding carboxylic acids is 1. The van der Waals surface area contributed by atoms with Gasteiger partial charge in [-0.2, -0.15) is 5.10 Å². The Labute approximate surface area is 160 Å². The standard InChI is InChI=1S/C20H18BrN3O2/c1-13-3-6-19(26-2)18(11-13)24-10-8-16(22-24)20(25)23-9-7-14-12-15(21)4-5-17(14)23/h3-6,8,10-12H,7,9H2,1-2H3. The zero-order valence-corrected chi connectivity index (χ0v) is 16.2. The predicted octanol–water partition coefficient (Wildman–Crippen LogP) is 4.15. The van der Waals surface area contributed by atoms with Crippen molar-refractivity contribution >= 4 is 27.5 Å². The Morgan fingerprint density at radius 2 is 2.00 bits per heavy atom. The largest absolute Gasteiger partial charge is 0.494 e. The Bertz CT molecular complexity index is 996. The molecule has 0 spiro atoms. The third kappa shape index (κ3) is 2.90. The van der Waals surface area contributed by atoms with Gasteiger partial charge in [0.05, 0.1) is 7.11 Å². The number of fused-ring (bicyclic) bond motifs is 1. The van der Waals surface area contributed by atoms with E-state index in [0.29, 0.717) is 18.0 Å². The third-order valence-electron chi connectivity index (χ3n) is 4.57. The summed E-state index contributed by atoms with van der Waals surface area (Å²) in [4.78, 5) is 14.8. The molecular weight excluding hydrogens is 394 g/mol. The van der Waals surface area contributed by atoms with Crippen LogP contribution in [-0.2, 0) is 6.42 Å². The average Bonchev–Trinajstić information content (AvgIpc) is 3.28. The number of halogens is 1. The molecule has 1 aromatic heterocycles. The fraction of sp³-hybridized carbons (Fsp3) is 0.200. The van der Waals surface area contributed by atoms with Crippen LogP contribution in [0.25, 0.3) is 5.69 Å². The minimum atomic E-state index is -0.0866. The minimum Gasteiger partial charge on any atom is -0.494 e. The maximum Gasteiger partial charge on any atom is 0.278 e. The summed E-state index contributed by atoms with van der Waals surface area (Å²) in [6.45, 7) is 2.68. The monoisotopic (exact) mass is 411 g/mol. The van der Waals surface area contributed by atoms with Crippen LogP contribution in [-0.4, -0.2) is 29.3 Å². The molecular formula is C20H18BrN3O2. The van der Waals surface area contributed by atoms with Crippen molar-refractivity contribution < 1.29 is 9.53 Å². The second-order valence-corrected chi connectivity index (χ2v) is 7.22. The smallest absolute Gasteiger partial charge is 0.278 e. The van der Waals surface area contributed by atoms with Crippen molar-refractivity contribution in [2.45, 2.75) is 13.3 Å². The number of carbonyl (C=O) groups is 1. The van der Waals surface area contributed by atoms with Crippen LogP contribution in [0.4, 0.5) is 5.69 Å². The first-order valence-corrected chi connectivity index (χ1v) is 9.17. The predicted molar refractivity (Wildman–Crippen MR) is 104 cm³/mol. The first-order chi connectivity index (χ1) is 12.6. The van der Waals surface area contributed by atoms with E-state index in [1.165, 1.54) is 5.56 Å². The van der Waals surface area contributed by atoms with Gasteiger partial charge in [0, 0.05) is 22.9 Å². The Morgan fingerprint density at radius 3 is 2.81 bits per heavy atom. The van der Waals surface area contributed by atoms with Gasteiger partial charge in [0.15, 0.2) is 5.69 Å². The molecule has 0 fully saturated rings. The normalized spacial score (nSPS) is 13.0. The van der Waals surface area contributed by atoms with Gasteiger partial charge >= 0.3 is 0 Å². The molecule has 1 amide bonds. The molecule has 2 aromatic carbocycles. The number of aryl methyl sites for hydroxylation is 1. The lowest BCUT2D eigenvalue weighted by Crippen LogP contribution is -2.29. The summed E-state index contributed by atoms with van der Waals surface area (Å²) in [6, 6.07) is 13.6. The number of hydrogen-bond donors (Lipinski definition) is 0. The number of hydrogen-bond acceptors (Lipinski definition) is 3. The van der Waals surface area contributed by atoms with Crippen molar-refractivity contribution in [3.8, 4) is 11.4 Å². The van der Waals surface area contributed by atoms with E-state index in [-0.39, 0.29) is 5.91 Å². The van der Waals surface area contributed by atoms with Gasteiger partial charge in [0.2, 0.25) is 0 Å². The highest BCUT2D eigenvalue weighted by Gasteiger charge is 2.27. The van der Waals surface area contributed by atoms with Crippen LogP contribution in [0.5, 0.6) is 5.75 Å². The molecule has 0 bridgehead atoms.